The van der Waals surface area contributed by atoms with Crippen LogP contribution in [0.2, 0.25) is 0 Å². The van der Waals surface area contributed by atoms with Gasteiger partial charge in [0.25, 0.3) is 0 Å². The smallest absolute Gasteiger partial charge is 0.320 e. The van der Waals surface area contributed by atoms with Gasteiger partial charge in [-0.05, 0) is 107 Å². The Morgan fingerprint density at radius 1 is 0.621 bits per heavy atom. The highest BCUT2D eigenvalue weighted by atomic mass is 32.2. The molecule has 1 heterocycles. The first-order chi connectivity index (χ1) is 27.6. The number of hydrogen-bond acceptors (Lipinski definition) is 13. The summed E-state index contributed by atoms with van der Waals surface area (Å²) in [6, 6.07) is 23.0. The molecule has 1 aliphatic heterocycles. The molecule has 0 saturated carbocycles. The van der Waals surface area contributed by atoms with Gasteiger partial charge in [-0.3, -0.25) is 9.59 Å². The molecule has 12 nitrogen and oxygen atoms in total. The summed E-state index contributed by atoms with van der Waals surface area (Å²) < 4.78 is 60.8. The van der Waals surface area contributed by atoms with Crippen LogP contribution in [0.3, 0.4) is 0 Å². The fraction of sp³-hybridized carbons (Fsp3) is 0.556. The van der Waals surface area contributed by atoms with Crippen molar-refractivity contribution in [2.45, 2.75) is 116 Å². The van der Waals surface area contributed by atoms with Crippen molar-refractivity contribution in [2.24, 2.45) is 5.92 Å². The van der Waals surface area contributed by atoms with E-state index in [2.05, 4.69) is 6.92 Å². The molecule has 3 aromatic rings. The second-order valence-corrected chi connectivity index (χ2v) is 17.2. The van der Waals surface area contributed by atoms with E-state index in [1.165, 1.54) is 0 Å². The van der Waals surface area contributed by atoms with Gasteiger partial charge >= 0.3 is 11.9 Å². The molecular weight excluding hydrogens is 765 g/mol. The number of rotatable bonds is 21. The van der Waals surface area contributed by atoms with E-state index in [-0.39, 0.29) is 32.8 Å². The van der Waals surface area contributed by atoms with Gasteiger partial charge in [-0.2, -0.15) is 0 Å². The van der Waals surface area contributed by atoms with Crippen LogP contribution in [0.15, 0.2) is 72.8 Å². The lowest BCUT2D eigenvalue weighted by atomic mass is 9.98. The molecule has 3 aromatic carbocycles. The Kier molecular flexibility index (Phi) is 18.2. The monoisotopic (exact) mass is 826 g/mol. The third-order valence-corrected chi connectivity index (χ3v) is 9.98. The zero-order valence-electron chi connectivity index (χ0n) is 35.6. The van der Waals surface area contributed by atoms with E-state index in [9.17, 15) is 9.59 Å². The van der Waals surface area contributed by atoms with Crippen molar-refractivity contribution in [3.05, 3.63) is 89.5 Å². The zero-order chi connectivity index (χ0) is 42.3. The van der Waals surface area contributed by atoms with Crippen LogP contribution in [0.25, 0.3) is 0 Å². The normalized spacial score (nSPS) is 19.7. The van der Waals surface area contributed by atoms with Gasteiger partial charge in [-0.1, -0.05) is 43.3 Å². The minimum atomic E-state index is -1.23. The Labute approximate surface area is 348 Å². The van der Waals surface area contributed by atoms with E-state index in [4.69, 9.17) is 47.4 Å². The summed E-state index contributed by atoms with van der Waals surface area (Å²) >= 11 is 1.61. The molecule has 1 aliphatic rings. The first-order valence-electron chi connectivity index (χ1n) is 19.7. The molecule has 0 bridgehead atoms. The van der Waals surface area contributed by atoms with E-state index in [0.29, 0.717) is 6.61 Å². The van der Waals surface area contributed by atoms with E-state index < -0.39 is 58.9 Å². The summed E-state index contributed by atoms with van der Waals surface area (Å²) in [6.07, 6.45) is -2.64. The number of ether oxygens (including phenoxy) is 10. The number of carbonyl (C=O) groups excluding carboxylic acids is 2. The minimum absolute atomic E-state index is 0.00450. The number of thioether (sulfide) groups is 1. The minimum Gasteiger partial charge on any atom is -0.497 e. The van der Waals surface area contributed by atoms with Crippen LogP contribution in [-0.4, -0.2) is 93.3 Å². The highest BCUT2D eigenvalue weighted by Crippen LogP contribution is 2.36. The number of benzene rings is 3. The maximum atomic E-state index is 13.5. The van der Waals surface area contributed by atoms with Crippen molar-refractivity contribution in [1.29, 1.82) is 0 Å². The molecule has 0 spiro atoms. The highest BCUT2D eigenvalue weighted by molar-refractivity contribution is 7.99. The summed E-state index contributed by atoms with van der Waals surface area (Å²) in [7, 11) is 4.88. The van der Waals surface area contributed by atoms with Crippen LogP contribution in [0.4, 0.5) is 0 Å². The summed E-state index contributed by atoms with van der Waals surface area (Å²) in [5.74, 6) is 0.380. The zero-order valence-corrected chi connectivity index (χ0v) is 36.5. The van der Waals surface area contributed by atoms with Gasteiger partial charge in [0.05, 0.1) is 47.8 Å². The van der Waals surface area contributed by atoms with Crippen molar-refractivity contribution >= 4 is 23.7 Å². The van der Waals surface area contributed by atoms with Gasteiger partial charge in [0.1, 0.15) is 58.3 Å². The molecule has 13 heteroatoms. The largest absolute Gasteiger partial charge is 0.497 e. The van der Waals surface area contributed by atoms with Crippen molar-refractivity contribution in [1.82, 2.24) is 0 Å². The van der Waals surface area contributed by atoms with Gasteiger partial charge in [-0.25, -0.2) is 0 Å². The van der Waals surface area contributed by atoms with Crippen molar-refractivity contribution in [2.75, 3.05) is 40.3 Å². The van der Waals surface area contributed by atoms with E-state index in [1.807, 2.05) is 72.8 Å². The molecule has 58 heavy (non-hydrogen) atoms. The van der Waals surface area contributed by atoms with Crippen LogP contribution in [0, 0.1) is 5.92 Å². The van der Waals surface area contributed by atoms with Crippen LogP contribution in [0.5, 0.6) is 17.2 Å². The number of methoxy groups -OCH3 is 3. The van der Waals surface area contributed by atoms with Crippen molar-refractivity contribution < 1.29 is 57.0 Å². The molecule has 1 saturated heterocycles. The topological polar surface area (TPSA) is 126 Å². The summed E-state index contributed by atoms with van der Waals surface area (Å²) in [4.78, 5) is 26.9. The molecule has 4 rings (SSSR count). The molecule has 0 aromatic heterocycles. The molecule has 0 radical (unpaired) electrons. The fourth-order valence-electron chi connectivity index (χ4n) is 6.12. The summed E-state index contributed by atoms with van der Waals surface area (Å²) in [6.45, 7) is 13.5. The fourth-order valence-corrected chi connectivity index (χ4v) is 7.09. The van der Waals surface area contributed by atoms with E-state index >= 15 is 0 Å². The second kappa shape index (κ2) is 22.5. The Morgan fingerprint density at radius 2 is 1.05 bits per heavy atom. The average Bonchev–Trinajstić information content (AvgIpc) is 3.18. The molecular formula is C45H62O12S. The Bertz CT molecular complexity index is 1640. The predicted octanol–water partition coefficient (Wildman–Crippen LogP) is 7.95. The molecule has 0 N–H and O–H groups in total. The van der Waals surface area contributed by atoms with E-state index in [1.54, 1.807) is 74.6 Å². The molecule has 0 aliphatic carbocycles. The average molecular weight is 827 g/mol. The van der Waals surface area contributed by atoms with Gasteiger partial charge in [0.2, 0.25) is 0 Å². The lowest BCUT2D eigenvalue weighted by Gasteiger charge is -2.46. The maximum Gasteiger partial charge on any atom is 0.320 e. The summed E-state index contributed by atoms with van der Waals surface area (Å²) in [5, 5.41) is 0. The maximum absolute atomic E-state index is 13.5. The third-order valence-electron chi connectivity index (χ3n) is 8.93. The molecule has 5 atom stereocenters. The van der Waals surface area contributed by atoms with Crippen LogP contribution >= 0.6 is 11.8 Å². The SMILES string of the molecule is CCS[C@@H]1O[C@H](COCc2ccc(OC)cc2)[C@H](OCCC(C(=O)OC(C)(C)C)C(=O)OC(C)(C)C)[C@H](OCc2ccc(OC)cc2)[C@H]1OCc1ccc(OC)cc1. The third kappa shape index (κ3) is 15.1. The molecule has 0 amide bonds. The number of carbonyl (C=O) groups is 2. The lowest BCUT2D eigenvalue weighted by molar-refractivity contribution is -0.253. The molecule has 0 unspecified atom stereocenters. The van der Waals surface area contributed by atoms with Gasteiger partial charge in [0.15, 0.2) is 5.92 Å². The van der Waals surface area contributed by atoms with Gasteiger partial charge in [0, 0.05) is 6.61 Å². The highest BCUT2D eigenvalue weighted by Gasteiger charge is 2.49. The quantitative estimate of drug-likeness (QED) is 0.0763. The first-order valence-corrected chi connectivity index (χ1v) is 20.7. The van der Waals surface area contributed by atoms with Gasteiger partial charge < -0.3 is 47.4 Å². The van der Waals surface area contributed by atoms with Crippen LogP contribution in [-0.2, 0) is 62.6 Å². The van der Waals surface area contributed by atoms with Crippen LogP contribution < -0.4 is 14.2 Å². The Hall–Kier alpha value is -3.85. The van der Waals surface area contributed by atoms with Crippen LogP contribution in [0.1, 0.15) is 71.6 Å². The predicted molar refractivity (Wildman–Crippen MR) is 222 cm³/mol. The number of hydrogen-bond donors (Lipinski definition) is 0. The first kappa shape index (κ1) is 46.8. The Morgan fingerprint density at radius 3 is 1.47 bits per heavy atom. The standard InChI is InChI=1S/C45H62O12S/c1-11-58-43-40(54-28-32-16-22-35(50-10)23-17-32)39(53-27-31-14-20-34(49-9)21-15-31)38(37(55-43)29-51-26-30-12-18-33(48-8)19-13-30)52-25-24-36(41(46)56-44(2,3)4)42(47)57-45(5,6)7/h12-23,36-40,43H,11,24-29H2,1-10H3/t37-,38+,39+,40-,43+/m1/s1. The summed E-state index contributed by atoms with van der Waals surface area (Å²) in [5.41, 5.74) is 0.733. The van der Waals surface area contributed by atoms with Crippen molar-refractivity contribution in [3.8, 4) is 17.2 Å². The molecule has 320 valence electrons. The van der Waals surface area contributed by atoms with Crippen molar-refractivity contribution in [3.63, 3.8) is 0 Å². The number of esters is 2. The lowest BCUT2D eigenvalue weighted by Crippen LogP contribution is -2.60. The Balaban J connectivity index is 1.67. The van der Waals surface area contributed by atoms with E-state index in [0.717, 1.165) is 39.7 Å². The second-order valence-electron chi connectivity index (χ2n) is 15.9. The van der Waals surface area contributed by atoms with Gasteiger partial charge in [-0.15, -0.1) is 11.8 Å². The molecule has 1 fully saturated rings.